The molecule has 0 amide bonds. The fourth-order valence-corrected chi connectivity index (χ4v) is 1.99. The molecule has 2 aromatic carbocycles. The Hall–Kier alpha value is -2.64. The Bertz CT molecular complexity index is 824. The standard InChI is InChI=1S/C16H12FN3/c17-13-5-1-3-11(9-13)7-8-12-4-2-6-14-16(12)20-15(10-18)19-14/h1-6,9H,10,18H2,(H,19,20). The number of aromatic amines is 1. The topological polar surface area (TPSA) is 54.7 Å². The average Bonchev–Trinajstić information content (AvgIpc) is 2.89. The van der Waals surface area contributed by atoms with Gasteiger partial charge in [0.1, 0.15) is 17.2 Å². The molecule has 0 unspecified atom stereocenters. The molecule has 1 aromatic heterocycles. The Morgan fingerprint density at radius 2 is 2.00 bits per heavy atom. The summed E-state index contributed by atoms with van der Waals surface area (Å²) in [4.78, 5) is 7.53. The second-order valence-corrected chi connectivity index (χ2v) is 4.35. The summed E-state index contributed by atoms with van der Waals surface area (Å²) in [5.74, 6) is 6.41. The van der Waals surface area contributed by atoms with Gasteiger partial charge >= 0.3 is 0 Å². The van der Waals surface area contributed by atoms with Gasteiger partial charge in [-0.2, -0.15) is 0 Å². The lowest BCUT2D eigenvalue weighted by molar-refractivity contribution is 0.627. The molecule has 0 bridgehead atoms. The Kier molecular flexibility index (Phi) is 3.20. The number of aromatic nitrogens is 2. The van der Waals surface area contributed by atoms with E-state index in [1.54, 1.807) is 12.1 Å². The molecule has 0 saturated heterocycles. The second kappa shape index (κ2) is 5.16. The monoisotopic (exact) mass is 265 g/mol. The molecule has 0 fully saturated rings. The third-order valence-corrected chi connectivity index (χ3v) is 2.92. The van der Waals surface area contributed by atoms with E-state index in [1.807, 2.05) is 18.2 Å². The van der Waals surface area contributed by atoms with E-state index in [1.165, 1.54) is 12.1 Å². The van der Waals surface area contributed by atoms with Crippen LogP contribution in [-0.4, -0.2) is 9.97 Å². The van der Waals surface area contributed by atoms with Crippen LogP contribution < -0.4 is 5.73 Å². The van der Waals surface area contributed by atoms with Gasteiger partial charge in [-0.1, -0.05) is 24.0 Å². The molecule has 20 heavy (non-hydrogen) atoms. The van der Waals surface area contributed by atoms with Gasteiger partial charge in [0.15, 0.2) is 0 Å². The van der Waals surface area contributed by atoms with E-state index in [0.29, 0.717) is 12.1 Å². The van der Waals surface area contributed by atoms with Crippen molar-refractivity contribution in [1.82, 2.24) is 9.97 Å². The molecule has 3 aromatic rings. The SMILES string of the molecule is NCc1nc2c(C#Cc3cccc(F)c3)cccc2[nH]1. The smallest absolute Gasteiger partial charge is 0.124 e. The van der Waals surface area contributed by atoms with Crippen molar-refractivity contribution in [2.45, 2.75) is 6.54 Å². The molecule has 98 valence electrons. The van der Waals surface area contributed by atoms with E-state index < -0.39 is 0 Å². The van der Waals surface area contributed by atoms with Crippen molar-refractivity contribution in [3.05, 3.63) is 65.2 Å². The average molecular weight is 265 g/mol. The van der Waals surface area contributed by atoms with Crippen LogP contribution in [0.15, 0.2) is 42.5 Å². The van der Waals surface area contributed by atoms with Crippen molar-refractivity contribution in [2.24, 2.45) is 5.73 Å². The number of para-hydroxylation sites is 1. The molecule has 4 heteroatoms. The quantitative estimate of drug-likeness (QED) is 0.664. The van der Waals surface area contributed by atoms with Crippen LogP contribution >= 0.6 is 0 Å². The van der Waals surface area contributed by atoms with Gasteiger partial charge in [0.2, 0.25) is 0 Å². The van der Waals surface area contributed by atoms with Gasteiger partial charge in [-0.25, -0.2) is 9.37 Å². The summed E-state index contributed by atoms with van der Waals surface area (Å²) in [6.07, 6.45) is 0. The van der Waals surface area contributed by atoms with Crippen LogP contribution in [0.2, 0.25) is 0 Å². The second-order valence-electron chi connectivity index (χ2n) is 4.35. The molecule has 0 aliphatic carbocycles. The maximum atomic E-state index is 13.1. The molecule has 0 radical (unpaired) electrons. The van der Waals surface area contributed by atoms with E-state index in [4.69, 9.17) is 5.73 Å². The van der Waals surface area contributed by atoms with Crippen LogP contribution in [0.3, 0.4) is 0 Å². The van der Waals surface area contributed by atoms with Crippen molar-refractivity contribution in [3.63, 3.8) is 0 Å². The molecule has 0 atom stereocenters. The molecule has 0 aliphatic rings. The van der Waals surface area contributed by atoms with E-state index in [-0.39, 0.29) is 5.82 Å². The number of hydrogen-bond donors (Lipinski definition) is 2. The summed E-state index contributed by atoms with van der Waals surface area (Å²) in [5, 5.41) is 0. The van der Waals surface area contributed by atoms with Crippen molar-refractivity contribution < 1.29 is 4.39 Å². The predicted molar refractivity (Wildman–Crippen MR) is 76.4 cm³/mol. The number of H-pyrrole nitrogens is 1. The summed E-state index contributed by atoms with van der Waals surface area (Å²) in [7, 11) is 0. The molecule has 0 spiro atoms. The van der Waals surface area contributed by atoms with Gasteiger partial charge in [-0.05, 0) is 30.3 Å². The number of nitrogens with two attached hydrogens (primary N) is 1. The minimum atomic E-state index is -0.291. The van der Waals surface area contributed by atoms with E-state index in [2.05, 4.69) is 21.8 Å². The highest BCUT2D eigenvalue weighted by Gasteiger charge is 2.04. The van der Waals surface area contributed by atoms with Crippen LogP contribution in [0, 0.1) is 17.7 Å². The maximum Gasteiger partial charge on any atom is 0.124 e. The normalized spacial score (nSPS) is 10.3. The van der Waals surface area contributed by atoms with Gasteiger partial charge in [-0.15, -0.1) is 0 Å². The number of nitrogens with zero attached hydrogens (tertiary/aromatic N) is 1. The summed E-state index contributed by atoms with van der Waals surface area (Å²) in [5.41, 5.74) is 8.69. The molecule has 3 nitrogen and oxygen atoms in total. The summed E-state index contributed by atoms with van der Waals surface area (Å²) >= 11 is 0. The molecule has 3 rings (SSSR count). The number of halogens is 1. The molecule has 0 aliphatic heterocycles. The highest BCUT2D eigenvalue weighted by Crippen LogP contribution is 2.15. The Balaban J connectivity index is 2.05. The lowest BCUT2D eigenvalue weighted by atomic mass is 10.1. The number of imidazole rings is 1. The highest BCUT2D eigenvalue weighted by molar-refractivity contribution is 5.82. The molecule has 1 heterocycles. The lowest BCUT2D eigenvalue weighted by Crippen LogP contribution is -1.97. The summed E-state index contributed by atoms with van der Waals surface area (Å²) in [6.45, 7) is 0.353. The number of fused-ring (bicyclic) bond motifs is 1. The largest absolute Gasteiger partial charge is 0.341 e. The minimum absolute atomic E-state index is 0.291. The highest BCUT2D eigenvalue weighted by atomic mass is 19.1. The summed E-state index contributed by atoms with van der Waals surface area (Å²) < 4.78 is 13.1. The summed E-state index contributed by atoms with van der Waals surface area (Å²) in [6, 6.07) is 11.9. The lowest BCUT2D eigenvalue weighted by Gasteiger charge is -1.93. The van der Waals surface area contributed by atoms with Gasteiger partial charge in [0.25, 0.3) is 0 Å². The zero-order chi connectivity index (χ0) is 13.9. The van der Waals surface area contributed by atoms with Gasteiger partial charge in [-0.3, -0.25) is 0 Å². The Morgan fingerprint density at radius 3 is 2.80 bits per heavy atom. The van der Waals surface area contributed by atoms with E-state index in [9.17, 15) is 4.39 Å². The number of rotatable bonds is 1. The van der Waals surface area contributed by atoms with E-state index in [0.717, 1.165) is 22.4 Å². The number of nitrogens with one attached hydrogen (secondary N) is 1. The predicted octanol–water partition coefficient (Wildman–Crippen LogP) is 2.56. The maximum absolute atomic E-state index is 13.1. The Labute approximate surface area is 115 Å². The fourth-order valence-electron chi connectivity index (χ4n) is 1.99. The van der Waals surface area contributed by atoms with Crippen LogP contribution in [0.4, 0.5) is 4.39 Å². The van der Waals surface area contributed by atoms with E-state index >= 15 is 0 Å². The van der Waals surface area contributed by atoms with Crippen molar-refractivity contribution in [1.29, 1.82) is 0 Å². The van der Waals surface area contributed by atoms with Crippen LogP contribution in [0.25, 0.3) is 11.0 Å². The van der Waals surface area contributed by atoms with Crippen LogP contribution in [0.1, 0.15) is 17.0 Å². The van der Waals surface area contributed by atoms with Crippen molar-refractivity contribution in [3.8, 4) is 11.8 Å². The van der Waals surface area contributed by atoms with Crippen LogP contribution in [-0.2, 0) is 6.54 Å². The fraction of sp³-hybridized carbons (Fsp3) is 0.0625. The Morgan fingerprint density at radius 1 is 1.15 bits per heavy atom. The third kappa shape index (κ3) is 2.40. The first-order valence-electron chi connectivity index (χ1n) is 6.21. The molecular weight excluding hydrogens is 253 g/mol. The molecular formula is C16H12FN3. The third-order valence-electron chi connectivity index (χ3n) is 2.92. The zero-order valence-corrected chi connectivity index (χ0v) is 10.7. The number of hydrogen-bond acceptors (Lipinski definition) is 2. The molecule has 0 saturated carbocycles. The van der Waals surface area contributed by atoms with Crippen LogP contribution in [0.5, 0.6) is 0 Å². The minimum Gasteiger partial charge on any atom is -0.341 e. The van der Waals surface area contributed by atoms with Crippen molar-refractivity contribution in [2.75, 3.05) is 0 Å². The van der Waals surface area contributed by atoms with Gasteiger partial charge in [0.05, 0.1) is 17.6 Å². The zero-order valence-electron chi connectivity index (χ0n) is 10.7. The number of benzene rings is 2. The van der Waals surface area contributed by atoms with Gasteiger partial charge in [0, 0.05) is 5.56 Å². The van der Waals surface area contributed by atoms with Gasteiger partial charge < -0.3 is 10.7 Å². The first-order chi connectivity index (χ1) is 9.76. The van der Waals surface area contributed by atoms with Crippen molar-refractivity contribution >= 4 is 11.0 Å². The first kappa shape index (κ1) is 12.4. The first-order valence-corrected chi connectivity index (χ1v) is 6.21. The molecule has 3 N–H and O–H groups in total.